The maximum Gasteiger partial charge on any atom is 0.342 e. The SMILES string of the molecule is O=C(COC(=O)c1cc(S(=O)(=O)N2CCCC2)ccc1O)Nc1nc2c(F)c(F)c(F)cc2s1. The highest BCUT2D eigenvalue weighted by Crippen LogP contribution is 2.30. The van der Waals surface area contributed by atoms with Gasteiger partial charge in [-0.1, -0.05) is 11.3 Å². The number of sulfonamides is 1. The van der Waals surface area contributed by atoms with Crippen LogP contribution < -0.4 is 5.32 Å². The van der Waals surface area contributed by atoms with E-state index in [1.807, 2.05) is 0 Å². The molecule has 34 heavy (non-hydrogen) atoms. The maximum absolute atomic E-state index is 13.8. The Morgan fingerprint density at radius 3 is 2.56 bits per heavy atom. The lowest BCUT2D eigenvalue weighted by molar-refractivity contribution is -0.119. The Morgan fingerprint density at radius 1 is 1.15 bits per heavy atom. The van der Waals surface area contributed by atoms with Gasteiger partial charge in [-0.25, -0.2) is 31.4 Å². The molecule has 0 radical (unpaired) electrons. The number of aromatic nitrogens is 1. The van der Waals surface area contributed by atoms with Crippen LogP contribution in [0.1, 0.15) is 23.2 Å². The van der Waals surface area contributed by atoms with Crippen LogP contribution >= 0.6 is 11.3 Å². The molecule has 2 heterocycles. The van der Waals surface area contributed by atoms with Crippen LogP contribution in [-0.4, -0.2) is 54.4 Å². The molecule has 4 rings (SSSR count). The van der Waals surface area contributed by atoms with Crippen LogP contribution in [0.15, 0.2) is 29.2 Å². The number of benzene rings is 2. The predicted molar refractivity (Wildman–Crippen MR) is 115 cm³/mol. The van der Waals surface area contributed by atoms with Crippen molar-refractivity contribution in [3.8, 4) is 5.75 Å². The Balaban J connectivity index is 1.44. The summed E-state index contributed by atoms with van der Waals surface area (Å²) < 4.78 is 71.9. The summed E-state index contributed by atoms with van der Waals surface area (Å²) in [5.41, 5.74) is -0.932. The molecule has 0 unspecified atom stereocenters. The molecule has 9 nitrogen and oxygen atoms in total. The number of rotatable bonds is 6. The highest BCUT2D eigenvalue weighted by molar-refractivity contribution is 7.89. The van der Waals surface area contributed by atoms with E-state index in [0.29, 0.717) is 37.3 Å². The van der Waals surface area contributed by atoms with Crippen molar-refractivity contribution in [2.75, 3.05) is 25.0 Å². The summed E-state index contributed by atoms with van der Waals surface area (Å²) in [4.78, 5) is 27.9. The molecule has 0 bridgehead atoms. The van der Waals surface area contributed by atoms with Crippen LogP contribution in [-0.2, 0) is 19.6 Å². The lowest BCUT2D eigenvalue weighted by Gasteiger charge is -2.16. The number of ether oxygens (including phenoxy) is 1. The summed E-state index contributed by atoms with van der Waals surface area (Å²) in [6.07, 6.45) is 1.43. The summed E-state index contributed by atoms with van der Waals surface area (Å²) in [6, 6.07) is 3.88. The lowest BCUT2D eigenvalue weighted by Crippen LogP contribution is -2.28. The number of halogens is 3. The van der Waals surface area contributed by atoms with Gasteiger partial charge in [0.15, 0.2) is 29.2 Å². The van der Waals surface area contributed by atoms with Gasteiger partial charge in [0.2, 0.25) is 10.0 Å². The number of aromatic hydroxyl groups is 1. The van der Waals surface area contributed by atoms with Crippen molar-refractivity contribution in [3.05, 3.63) is 47.3 Å². The fourth-order valence-corrected chi connectivity index (χ4v) is 5.76. The Kier molecular flexibility index (Phi) is 6.47. The topological polar surface area (TPSA) is 126 Å². The summed E-state index contributed by atoms with van der Waals surface area (Å²) in [5.74, 6) is -7.22. The van der Waals surface area contributed by atoms with Crippen molar-refractivity contribution in [2.24, 2.45) is 0 Å². The standard InChI is InChI=1S/C20H16F3N3O6S2/c21-12-8-14-18(17(23)16(12)22)25-20(33-14)24-15(28)9-32-19(29)11-7-10(3-4-13(11)27)34(30,31)26-5-1-2-6-26/h3-4,7-8,27H,1-2,5-6,9H2,(H,24,25,28). The minimum Gasteiger partial charge on any atom is -0.507 e. The summed E-state index contributed by atoms with van der Waals surface area (Å²) in [6.45, 7) is -0.168. The Labute approximate surface area is 194 Å². The average Bonchev–Trinajstić information content (AvgIpc) is 3.47. The van der Waals surface area contributed by atoms with E-state index in [4.69, 9.17) is 4.74 Å². The third kappa shape index (κ3) is 4.56. The van der Waals surface area contributed by atoms with E-state index in [1.54, 1.807) is 0 Å². The minimum absolute atomic E-state index is 0.0513. The first-order valence-electron chi connectivity index (χ1n) is 9.82. The molecule has 180 valence electrons. The second kappa shape index (κ2) is 9.19. The molecule has 0 aliphatic carbocycles. The van der Waals surface area contributed by atoms with Crippen molar-refractivity contribution < 1.29 is 41.0 Å². The molecule has 0 saturated carbocycles. The maximum atomic E-state index is 13.8. The zero-order chi connectivity index (χ0) is 24.6. The number of thiazole rings is 1. The first-order chi connectivity index (χ1) is 16.1. The molecule has 2 aromatic carbocycles. The number of hydrogen-bond acceptors (Lipinski definition) is 8. The highest BCUT2D eigenvalue weighted by atomic mass is 32.2. The van der Waals surface area contributed by atoms with Gasteiger partial charge < -0.3 is 9.84 Å². The normalized spacial score (nSPS) is 14.4. The quantitative estimate of drug-likeness (QED) is 0.382. The van der Waals surface area contributed by atoms with Crippen molar-refractivity contribution in [1.82, 2.24) is 9.29 Å². The molecule has 1 aliphatic heterocycles. The largest absolute Gasteiger partial charge is 0.507 e. The number of fused-ring (bicyclic) bond motifs is 1. The van der Waals surface area contributed by atoms with Crippen molar-refractivity contribution in [3.63, 3.8) is 0 Å². The van der Waals surface area contributed by atoms with Gasteiger partial charge in [-0.15, -0.1) is 0 Å². The fraction of sp³-hybridized carbons (Fsp3) is 0.250. The molecule has 1 aliphatic rings. The van der Waals surface area contributed by atoms with Gasteiger partial charge >= 0.3 is 5.97 Å². The van der Waals surface area contributed by atoms with E-state index in [9.17, 15) is 36.3 Å². The van der Waals surface area contributed by atoms with Gasteiger partial charge in [0.1, 0.15) is 16.8 Å². The first kappa shape index (κ1) is 23.9. The lowest BCUT2D eigenvalue weighted by atomic mass is 10.2. The molecule has 1 fully saturated rings. The van der Waals surface area contributed by atoms with Crippen LogP contribution in [0.5, 0.6) is 5.75 Å². The number of nitrogens with one attached hydrogen (secondary N) is 1. The second-order valence-electron chi connectivity index (χ2n) is 7.27. The second-order valence-corrected chi connectivity index (χ2v) is 10.2. The molecule has 14 heteroatoms. The van der Waals surface area contributed by atoms with Gasteiger partial charge in [-0.05, 0) is 37.1 Å². The minimum atomic E-state index is -3.86. The van der Waals surface area contributed by atoms with E-state index in [-0.39, 0.29) is 14.7 Å². The van der Waals surface area contributed by atoms with E-state index < -0.39 is 62.8 Å². The van der Waals surface area contributed by atoms with E-state index in [2.05, 4.69) is 10.3 Å². The van der Waals surface area contributed by atoms with E-state index in [0.717, 1.165) is 24.3 Å². The van der Waals surface area contributed by atoms with Crippen LogP contribution in [0.25, 0.3) is 10.2 Å². The first-order valence-corrected chi connectivity index (χ1v) is 12.1. The van der Waals surface area contributed by atoms with Gasteiger partial charge in [-0.3, -0.25) is 10.1 Å². The highest BCUT2D eigenvalue weighted by Gasteiger charge is 2.29. The number of nitrogens with zero attached hydrogens (tertiary/aromatic N) is 2. The molecule has 1 saturated heterocycles. The van der Waals surface area contributed by atoms with Crippen molar-refractivity contribution in [2.45, 2.75) is 17.7 Å². The van der Waals surface area contributed by atoms with Crippen LogP contribution in [0, 0.1) is 17.5 Å². The zero-order valence-electron chi connectivity index (χ0n) is 17.2. The Hall–Kier alpha value is -3.23. The number of phenolic OH excluding ortho intramolecular Hbond substituents is 1. The monoisotopic (exact) mass is 515 g/mol. The van der Waals surface area contributed by atoms with Gasteiger partial charge in [-0.2, -0.15) is 4.31 Å². The summed E-state index contributed by atoms with van der Waals surface area (Å²) >= 11 is 0.671. The molecule has 3 aromatic rings. The molecule has 1 aromatic heterocycles. The van der Waals surface area contributed by atoms with Crippen molar-refractivity contribution >= 4 is 48.6 Å². The Bertz CT molecular complexity index is 1400. The average molecular weight is 515 g/mol. The molecule has 0 spiro atoms. The third-order valence-electron chi connectivity index (χ3n) is 4.99. The van der Waals surface area contributed by atoms with Gasteiger partial charge in [0.25, 0.3) is 5.91 Å². The molecule has 0 atom stereocenters. The number of carbonyl (C=O) groups is 2. The molecule has 2 N–H and O–H groups in total. The number of hydrogen-bond donors (Lipinski definition) is 2. The van der Waals surface area contributed by atoms with Gasteiger partial charge in [0, 0.05) is 13.1 Å². The van der Waals surface area contributed by atoms with Gasteiger partial charge in [0.05, 0.1) is 9.60 Å². The van der Waals surface area contributed by atoms with Crippen LogP contribution in [0.3, 0.4) is 0 Å². The molecular weight excluding hydrogens is 499 g/mol. The fourth-order valence-electron chi connectivity index (χ4n) is 3.31. The number of esters is 1. The number of amides is 1. The number of phenols is 1. The zero-order valence-corrected chi connectivity index (χ0v) is 18.8. The third-order valence-corrected chi connectivity index (χ3v) is 7.81. The summed E-state index contributed by atoms with van der Waals surface area (Å²) in [5, 5.41) is 12.0. The smallest absolute Gasteiger partial charge is 0.342 e. The predicted octanol–water partition coefficient (Wildman–Crippen LogP) is 3.00. The Morgan fingerprint density at radius 2 is 1.85 bits per heavy atom. The van der Waals surface area contributed by atoms with Crippen LogP contribution in [0.4, 0.5) is 18.3 Å². The van der Waals surface area contributed by atoms with Crippen LogP contribution in [0.2, 0.25) is 0 Å². The van der Waals surface area contributed by atoms with E-state index >= 15 is 0 Å². The van der Waals surface area contributed by atoms with E-state index in [1.165, 1.54) is 4.31 Å². The number of carbonyl (C=O) groups excluding carboxylic acids is 2. The molecule has 1 amide bonds. The molecular formula is C20H16F3N3O6S2. The number of anilines is 1. The summed E-state index contributed by atoms with van der Waals surface area (Å²) in [7, 11) is -3.86. The van der Waals surface area contributed by atoms with Crippen molar-refractivity contribution in [1.29, 1.82) is 0 Å².